The summed E-state index contributed by atoms with van der Waals surface area (Å²) in [5, 5.41) is 6.78. The van der Waals surface area contributed by atoms with Crippen LogP contribution in [0.5, 0.6) is 0 Å². The number of amides is 2. The molecule has 1 atom stereocenters. The summed E-state index contributed by atoms with van der Waals surface area (Å²) >= 11 is 2.92. The second kappa shape index (κ2) is 10.3. The van der Waals surface area contributed by atoms with Crippen LogP contribution in [0, 0.1) is 11.8 Å². The average molecular weight is 499 g/mol. The fourth-order valence-electron chi connectivity index (χ4n) is 4.22. The number of hydrogen-bond donors (Lipinski definition) is 2. The van der Waals surface area contributed by atoms with Gasteiger partial charge >= 0.3 is 0 Å². The lowest BCUT2D eigenvalue weighted by molar-refractivity contribution is -0.113. The van der Waals surface area contributed by atoms with E-state index in [1.165, 1.54) is 22.2 Å². The molecule has 7 nitrogen and oxygen atoms in total. The van der Waals surface area contributed by atoms with Gasteiger partial charge in [-0.25, -0.2) is 4.98 Å². The minimum Gasteiger partial charge on any atom is -0.355 e. The van der Waals surface area contributed by atoms with Crippen LogP contribution in [-0.2, 0) is 24.2 Å². The average Bonchev–Trinajstić information content (AvgIpc) is 3.17. The van der Waals surface area contributed by atoms with Gasteiger partial charge in [-0.3, -0.25) is 19.0 Å². The number of aromatic nitrogens is 2. The molecule has 2 amide bonds. The van der Waals surface area contributed by atoms with Crippen LogP contribution in [-0.4, -0.2) is 34.2 Å². The molecule has 9 heteroatoms. The van der Waals surface area contributed by atoms with E-state index in [0.29, 0.717) is 28.9 Å². The van der Waals surface area contributed by atoms with E-state index in [4.69, 9.17) is 4.98 Å². The molecule has 0 bridgehead atoms. The Hall–Kier alpha value is -2.65. The van der Waals surface area contributed by atoms with E-state index in [1.807, 2.05) is 0 Å². The van der Waals surface area contributed by atoms with Gasteiger partial charge in [0.25, 0.3) is 11.5 Å². The SMILES string of the molecule is CNC(=O)c1ccc(NC(=O)CSc2nc3sc4c(c3c(=O)n2CC(C)C)CCC(C)C4)cc1. The Morgan fingerprint density at radius 2 is 2.00 bits per heavy atom. The highest BCUT2D eigenvalue weighted by Crippen LogP contribution is 2.36. The molecule has 34 heavy (non-hydrogen) atoms. The molecule has 0 spiro atoms. The minimum atomic E-state index is -0.192. The van der Waals surface area contributed by atoms with Gasteiger partial charge in [-0.05, 0) is 60.9 Å². The zero-order valence-electron chi connectivity index (χ0n) is 19.9. The predicted octanol–water partition coefficient (Wildman–Crippen LogP) is 4.33. The first-order chi connectivity index (χ1) is 16.3. The summed E-state index contributed by atoms with van der Waals surface area (Å²) in [4.78, 5) is 44.8. The Bertz CT molecular complexity index is 1280. The van der Waals surface area contributed by atoms with Gasteiger partial charge in [0.2, 0.25) is 5.91 Å². The molecule has 1 unspecified atom stereocenters. The molecule has 2 aromatic heterocycles. The molecule has 4 rings (SSSR count). The van der Waals surface area contributed by atoms with Gasteiger partial charge in [0, 0.05) is 29.7 Å². The maximum absolute atomic E-state index is 13.5. The standard InChI is InChI=1S/C25H30N4O3S2/c1-14(2)12-29-24(32)21-18-10-5-15(3)11-19(18)34-23(21)28-25(29)33-13-20(30)27-17-8-6-16(7-9-17)22(31)26-4/h6-9,14-15H,5,10-13H2,1-4H3,(H,26,31)(H,27,30). The van der Waals surface area contributed by atoms with Crippen LogP contribution in [0.3, 0.4) is 0 Å². The van der Waals surface area contributed by atoms with Gasteiger partial charge < -0.3 is 10.6 Å². The molecule has 1 aliphatic rings. The molecule has 0 fully saturated rings. The quantitative estimate of drug-likeness (QED) is 0.374. The van der Waals surface area contributed by atoms with E-state index in [0.717, 1.165) is 29.5 Å². The highest BCUT2D eigenvalue weighted by molar-refractivity contribution is 7.99. The third-order valence-corrected chi connectivity index (χ3v) is 8.04. The van der Waals surface area contributed by atoms with E-state index in [9.17, 15) is 14.4 Å². The number of thiophene rings is 1. The fourth-order valence-corrected chi connectivity index (χ4v) is 6.45. The maximum Gasteiger partial charge on any atom is 0.263 e. The number of rotatable bonds is 7. The normalized spacial score (nSPS) is 15.4. The largest absolute Gasteiger partial charge is 0.355 e. The third kappa shape index (κ3) is 5.20. The molecule has 0 saturated carbocycles. The molecule has 0 aliphatic heterocycles. The highest BCUT2D eigenvalue weighted by atomic mass is 32.2. The Balaban J connectivity index is 1.55. The number of carbonyl (C=O) groups is 2. The first kappa shape index (κ1) is 24.5. The van der Waals surface area contributed by atoms with Crippen LogP contribution < -0.4 is 16.2 Å². The fraction of sp³-hybridized carbons (Fsp3) is 0.440. The number of aryl methyl sites for hydroxylation is 1. The highest BCUT2D eigenvalue weighted by Gasteiger charge is 2.25. The molecule has 180 valence electrons. The Labute approximate surface area is 207 Å². The summed E-state index contributed by atoms with van der Waals surface area (Å²) in [6, 6.07) is 6.72. The number of hydrogen-bond acceptors (Lipinski definition) is 6. The molecular weight excluding hydrogens is 468 g/mol. The third-order valence-electron chi connectivity index (χ3n) is 5.92. The summed E-state index contributed by atoms with van der Waals surface area (Å²) in [5.74, 6) is 0.667. The van der Waals surface area contributed by atoms with Crippen molar-refractivity contribution in [2.75, 3.05) is 18.1 Å². The summed E-state index contributed by atoms with van der Waals surface area (Å²) in [6.07, 6.45) is 3.04. The van der Waals surface area contributed by atoms with Gasteiger partial charge in [-0.1, -0.05) is 32.5 Å². The van der Waals surface area contributed by atoms with Gasteiger partial charge in [0.05, 0.1) is 11.1 Å². The van der Waals surface area contributed by atoms with E-state index in [-0.39, 0.29) is 29.0 Å². The molecule has 1 aliphatic carbocycles. The first-order valence-electron chi connectivity index (χ1n) is 11.6. The molecule has 2 N–H and O–H groups in total. The van der Waals surface area contributed by atoms with Crippen molar-refractivity contribution < 1.29 is 9.59 Å². The number of carbonyl (C=O) groups excluding carboxylic acids is 2. The molecule has 0 radical (unpaired) electrons. The Morgan fingerprint density at radius 1 is 1.26 bits per heavy atom. The van der Waals surface area contributed by atoms with Gasteiger partial charge in [-0.15, -0.1) is 11.3 Å². The zero-order chi connectivity index (χ0) is 24.4. The summed E-state index contributed by atoms with van der Waals surface area (Å²) in [5.41, 5.74) is 2.33. The lowest BCUT2D eigenvalue weighted by atomic mass is 9.89. The monoisotopic (exact) mass is 498 g/mol. The second-order valence-electron chi connectivity index (χ2n) is 9.23. The van der Waals surface area contributed by atoms with Crippen molar-refractivity contribution in [3.8, 4) is 0 Å². The van der Waals surface area contributed by atoms with Crippen LogP contribution >= 0.6 is 23.1 Å². The number of anilines is 1. The molecular formula is C25H30N4O3S2. The first-order valence-corrected chi connectivity index (χ1v) is 13.4. The lowest BCUT2D eigenvalue weighted by Gasteiger charge is -2.18. The number of benzene rings is 1. The van der Waals surface area contributed by atoms with E-state index >= 15 is 0 Å². The summed E-state index contributed by atoms with van der Waals surface area (Å²) in [6.45, 7) is 6.97. The van der Waals surface area contributed by atoms with Crippen LogP contribution in [0.15, 0.2) is 34.2 Å². The Morgan fingerprint density at radius 3 is 2.68 bits per heavy atom. The zero-order valence-corrected chi connectivity index (χ0v) is 21.6. The van der Waals surface area contributed by atoms with Crippen LogP contribution in [0.1, 0.15) is 48.0 Å². The van der Waals surface area contributed by atoms with Crippen molar-refractivity contribution in [3.63, 3.8) is 0 Å². The second-order valence-corrected chi connectivity index (χ2v) is 11.3. The van der Waals surface area contributed by atoms with Gasteiger partial charge in [0.1, 0.15) is 4.83 Å². The van der Waals surface area contributed by atoms with Crippen LogP contribution in [0.25, 0.3) is 10.2 Å². The molecule has 3 aromatic rings. The lowest BCUT2D eigenvalue weighted by Crippen LogP contribution is -2.26. The van der Waals surface area contributed by atoms with Crippen LogP contribution in [0.4, 0.5) is 5.69 Å². The van der Waals surface area contributed by atoms with Crippen molar-refractivity contribution in [2.24, 2.45) is 11.8 Å². The number of nitrogens with one attached hydrogen (secondary N) is 2. The molecule has 1 aromatic carbocycles. The van der Waals surface area contributed by atoms with Crippen molar-refractivity contribution in [1.82, 2.24) is 14.9 Å². The minimum absolute atomic E-state index is 0.0125. The smallest absolute Gasteiger partial charge is 0.263 e. The molecule has 0 saturated heterocycles. The van der Waals surface area contributed by atoms with Crippen LogP contribution in [0.2, 0.25) is 0 Å². The van der Waals surface area contributed by atoms with Crippen molar-refractivity contribution >= 4 is 50.8 Å². The Kier molecular flexibility index (Phi) is 7.42. The van der Waals surface area contributed by atoms with Crippen molar-refractivity contribution in [1.29, 1.82) is 0 Å². The number of fused-ring (bicyclic) bond motifs is 3. The number of nitrogens with zero attached hydrogens (tertiary/aromatic N) is 2. The van der Waals surface area contributed by atoms with Crippen molar-refractivity contribution in [3.05, 3.63) is 50.6 Å². The van der Waals surface area contributed by atoms with Gasteiger partial charge in [-0.2, -0.15) is 0 Å². The molecule has 2 heterocycles. The summed E-state index contributed by atoms with van der Waals surface area (Å²) in [7, 11) is 1.57. The van der Waals surface area contributed by atoms with Crippen molar-refractivity contribution in [2.45, 2.75) is 51.7 Å². The number of thioether (sulfide) groups is 1. The predicted molar refractivity (Wildman–Crippen MR) is 139 cm³/mol. The summed E-state index contributed by atoms with van der Waals surface area (Å²) < 4.78 is 1.74. The maximum atomic E-state index is 13.5. The van der Waals surface area contributed by atoms with E-state index < -0.39 is 0 Å². The topological polar surface area (TPSA) is 93.1 Å². The van der Waals surface area contributed by atoms with Gasteiger partial charge in [0.15, 0.2) is 5.16 Å². The van der Waals surface area contributed by atoms with E-state index in [2.05, 4.69) is 31.4 Å². The van der Waals surface area contributed by atoms with E-state index in [1.54, 1.807) is 47.2 Å².